The van der Waals surface area contributed by atoms with Gasteiger partial charge in [0.25, 0.3) is 11.1 Å². The smallest absolute Gasteiger partial charge is 0.290 e. The number of rotatable bonds is 9. The molecule has 1 aliphatic rings. The summed E-state index contributed by atoms with van der Waals surface area (Å²) in [4.78, 5) is 23.1. The fraction of sp³-hybridized carbons (Fsp3) is 0.273. The average molecular weight is 449 g/mol. The lowest BCUT2D eigenvalue weighted by atomic mass is 10.1. The van der Waals surface area contributed by atoms with E-state index in [1.807, 2.05) is 6.92 Å². The molecule has 0 radical (unpaired) electrons. The lowest BCUT2D eigenvalue weighted by Gasteiger charge is -2.16. The first-order valence-corrected chi connectivity index (χ1v) is 10.4. The largest absolute Gasteiger partial charge is 0.491 e. The van der Waals surface area contributed by atoms with Crippen molar-refractivity contribution in [3.05, 3.63) is 64.1 Å². The molecule has 31 heavy (non-hydrogen) atoms. The predicted octanol–water partition coefficient (Wildman–Crippen LogP) is 4.06. The van der Waals surface area contributed by atoms with Crippen molar-refractivity contribution in [3.63, 3.8) is 0 Å². The van der Waals surface area contributed by atoms with Crippen molar-refractivity contribution in [2.75, 3.05) is 13.2 Å². The van der Waals surface area contributed by atoms with E-state index >= 15 is 0 Å². The highest BCUT2D eigenvalue weighted by atomic mass is 32.2. The van der Waals surface area contributed by atoms with E-state index in [1.165, 1.54) is 6.07 Å². The molecule has 0 aliphatic carbocycles. The summed E-state index contributed by atoms with van der Waals surface area (Å²) < 4.78 is 38.4. The monoisotopic (exact) mass is 449 g/mol. The molecule has 2 amide bonds. The third-order valence-electron chi connectivity index (χ3n) is 4.35. The van der Waals surface area contributed by atoms with Gasteiger partial charge >= 0.3 is 0 Å². The first-order valence-electron chi connectivity index (χ1n) is 9.62. The van der Waals surface area contributed by atoms with Crippen LogP contribution in [0.2, 0.25) is 0 Å². The van der Waals surface area contributed by atoms with Gasteiger partial charge in [-0.25, -0.2) is 8.78 Å². The maximum atomic E-state index is 14.0. The summed E-state index contributed by atoms with van der Waals surface area (Å²) in [6, 6.07) is 9.08. The predicted molar refractivity (Wildman–Crippen MR) is 113 cm³/mol. The molecule has 2 aromatic carbocycles. The molecular weight excluding hydrogens is 428 g/mol. The van der Waals surface area contributed by atoms with Gasteiger partial charge in [-0.3, -0.25) is 14.9 Å². The van der Waals surface area contributed by atoms with E-state index in [0.29, 0.717) is 29.1 Å². The number of ether oxygens (including phenoxy) is 2. The van der Waals surface area contributed by atoms with Crippen LogP contribution >= 0.6 is 11.8 Å². The number of hydrogen-bond donors (Lipinski definition) is 2. The molecule has 0 spiro atoms. The molecule has 9 heteroatoms. The van der Waals surface area contributed by atoms with Gasteiger partial charge < -0.3 is 14.6 Å². The fourth-order valence-electron chi connectivity index (χ4n) is 2.85. The van der Waals surface area contributed by atoms with Gasteiger partial charge in [0.05, 0.1) is 4.91 Å². The molecule has 2 N–H and O–H groups in total. The maximum absolute atomic E-state index is 14.0. The minimum Gasteiger partial charge on any atom is -0.491 e. The van der Waals surface area contributed by atoms with E-state index in [2.05, 4.69) is 5.32 Å². The van der Waals surface area contributed by atoms with Crippen LogP contribution in [0, 0.1) is 11.6 Å². The average Bonchev–Trinajstić information content (AvgIpc) is 3.07. The molecule has 0 aromatic heterocycles. The lowest BCUT2D eigenvalue weighted by Crippen LogP contribution is -2.25. The zero-order valence-corrected chi connectivity index (χ0v) is 17.5. The summed E-state index contributed by atoms with van der Waals surface area (Å²) in [7, 11) is 0. The molecule has 1 fully saturated rings. The molecule has 1 aliphatic heterocycles. The number of imide groups is 1. The molecule has 1 heterocycles. The minimum atomic E-state index is -0.992. The van der Waals surface area contributed by atoms with Crippen LogP contribution in [0.15, 0.2) is 41.3 Å². The summed E-state index contributed by atoms with van der Waals surface area (Å²) in [5, 5.41) is 11.9. The second-order valence-electron chi connectivity index (χ2n) is 6.79. The first kappa shape index (κ1) is 22.8. The molecule has 3 rings (SSSR count). The zero-order chi connectivity index (χ0) is 22.4. The van der Waals surface area contributed by atoms with Gasteiger partial charge in [-0.15, -0.1) is 0 Å². The number of aliphatic hydroxyl groups is 1. The number of carbonyl (C=O) groups excluding carboxylic acids is 2. The number of amides is 2. The van der Waals surface area contributed by atoms with E-state index < -0.39 is 28.9 Å². The number of halogens is 2. The maximum Gasteiger partial charge on any atom is 0.290 e. The van der Waals surface area contributed by atoms with Crippen molar-refractivity contribution >= 4 is 29.0 Å². The highest BCUT2D eigenvalue weighted by Crippen LogP contribution is 2.27. The number of thioether (sulfide) groups is 1. The van der Waals surface area contributed by atoms with E-state index in [0.717, 1.165) is 17.8 Å². The summed E-state index contributed by atoms with van der Waals surface area (Å²) in [6.45, 7) is 1.63. The minimum absolute atomic E-state index is 0.0695. The Morgan fingerprint density at radius 2 is 1.81 bits per heavy atom. The van der Waals surface area contributed by atoms with E-state index in [4.69, 9.17) is 9.47 Å². The molecule has 164 valence electrons. The van der Waals surface area contributed by atoms with Crippen molar-refractivity contribution in [3.8, 4) is 11.5 Å². The van der Waals surface area contributed by atoms with Crippen LogP contribution < -0.4 is 14.8 Å². The summed E-state index contributed by atoms with van der Waals surface area (Å²) in [5.74, 6) is -1.61. The van der Waals surface area contributed by atoms with Gasteiger partial charge in [-0.05, 0) is 54.1 Å². The summed E-state index contributed by atoms with van der Waals surface area (Å²) in [6.07, 6.45) is 1.54. The topological polar surface area (TPSA) is 84.9 Å². The number of carbonyl (C=O) groups is 2. The van der Waals surface area contributed by atoms with Gasteiger partial charge in [-0.2, -0.15) is 0 Å². The lowest BCUT2D eigenvalue weighted by molar-refractivity contribution is -0.115. The fourth-order valence-corrected chi connectivity index (χ4v) is 3.53. The summed E-state index contributed by atoms with van der Waals surface area (Å²) in [5.41, 5.74) is 0.863. The highest BCUT2D eigenvalue weighted by Gasteiger charge is 2.24. The number of aliphatic hydroxyl groups excluding tert-OH is 1. The Morgan fingerprint density at radius 1 is 1.10 bits per heavy atom. The van der Waals surface area contributed by atoms with Gasteiger partial charge in [0, 0.05) is 5.56 Å². The van der Waals surface area contributed by atoms with E-state index in [-0.39, 0.29) is 24.5 Å². The van der Waals surface area contributed by atoms with Gasteiger partial charge in [0.15, 0.2) is 11.6 Å². The zero-order valence-electron chi connectivity index (χ0n) is 16.7. The molecule has 1 atom stereocenters. The number of benzene rings is 2. The third kappa shape index (κ3) is 6.05. The summed E-state index contributed by atoms with van der Waals surface area (Å²) >= 11 is 0.835. The van der Waals surface area contributed by atoms with Crippen LogP contribution in [0.4, 0.5) is 13.6 Å². The molecule has 2 aromatic rings. The Hall–Kier alpha value is -2.91. The number of nitrogens with one attached hydrogen (secondary N) is 1. The molecule has 1 unspecified atom stereocenters. The van der Waals surface area contributed by atoms with Crippen LogP contribution in [0.3, 0.4) is 0 Å². The third-order valence-corrected chi connectivity index (χ3v) is 5.16. The van der Waals surface area contributed by atoms with Crippen LogP contribution in [0.1, 0.15) is 24.5 Å². The second-order valence-corrected chi connectivity index (χ2v) is 7.80. The normalized spacial score (nSPS) is 15.8. The van der Waals surface area contributed by atoms with Gasteiger partial charge in [0.2, 0.25) is 0 Å². The molecule has 1 saturated heterocycles. The van der Waals surface area contributed by atoms with Crippen LogP contribution in [0.25, 0.3) is 6.08 Å². The van der Waals surface area contributed by atoms with Crippen molar-refractivity contribution in [1.82, 2.24) is 5.32 Å². The van der Waals surface area contributed by atoms with Crippen LogP contribution in [-0.4, -0.2) is 35.6 Å². The van der Waals surface area contributed by atoms with Gasteiger partial charge in [-0.1, -0.05) is 25.5 Å². The highest BCUT2D eigenvalue weighted by molar-refractivity contribution is 8.18. The van der Waals surface area contributed by atoms with Crippen molar-refractivity contribution in [2.45, 2.75) is 25.9 Å². The Kier molecular flexibility index (Phi) is 7.64. The molecule has 0 bridgehead atoms. The Morgan fingerprint density at radius 3 is 2.45 bits per heavy atom. The quantitative estimate of drug-likeness (QED) is 0.562. The molecule has 0 saturated carbocycles. The Labute approximate surface area is 182 Å². The molecular formula is C22H21F2NO5S. The van der Waals surface area contributed by atoms with E-state index in [9.17, 15) is 23.5 Å². The van der Waals surface area contributed by atoms with Gasteiger partial charge in [0.1, 0.15) is 30.8 Å². The second kappa shape index (κ2) is 10.4. The van der Waals surface area contributed by atoms with Crippen molar-refractivity contribution in [2.24, 2.45) is 0 Å². The van der Waals surface area contributed by atoms with Crippen molar-refractivity contribution < 1.29 is 33.0 Å². The molecule has 6 nitrogen and oxygen atoms in total. The Bertz CT molecular complexity index is 994. The first-order chi connectivity index (χ1) is 14.9. The SMILES string of the molecule is CCCc1c(OCC(O)COc2ccc(C=C3SC(=O)NC3=O)cc2)ccc(F)c1F. The van der Waals surface area contributed by atoms with Crippen molar-refractivity contribution in [1.29, 1.82) is 0 Å². The standard InChI is InChI=1S/C22H21F2NO5S/c1-2-3-16-18(9-8-17(23)20(16)24)30-12-14(26)11-29-15-6-4-13(5-7-15)10-19-21(27)25-22(28)31-19/h4-10,14,26H,2-3,11-12H2,1H3,(H,25,27,28). The van der Waals surface area contributed by atoms with Crippen LogP contribution in [-0.2, 0) is 11.2 Å². The Balaban J connectivity index is 1.52. The van der Waals surface area contributed by atoms with Crippen LogP contribution in [0.5, 0.6) is 11.5 Å². The number of hydrogen-bond acceptors (Lipinski definition) is 6. The van der Waals surface area contributed by atoms with E-state index in [1.54, 1.807) is 30.3 Å².